The van der Waals surface area contributed by atoms with Gasteiger partial charge in [0.15, 0.2) is 0 Å². The molecule has 3 rings (SSSR count). The normalized spacial score (nSPS) is 29.4. The average Bonchev–Trinajstić information content (AvgIpc) is 2.88. The second kappa shape index (κ2) is 6.08. The molecule has 3 atom stereocenters. The van der Waals surface area contributed by atoms with Gasteiger partial charge in [0.1, 0.15) is 0 Å². The third-order valence-electron chi connectivity index (χ3n) is 5.38. The van der Waals surface area contributed by atoms with Gasteiger partial charge in [-0.05, 0) is 76.5 Å². The number of aryl methyl sites for hydroxylation is 1. The fraction of sp³-hybridized carbons (Fsp3) is 0.737. The molecular weight excluding hydrogens is 256 g/mol. The van der Waals surface area contributed by atoms with Crippen molar-refractivity contribution in [3.63, 3.8) is 0 Å². The van der Waals surface area contributed by atoms with Gasteiger partial charge in [-0.3, -0.25) is 4.98 Å². The van der Waals surface area contributed by atoms with Crippen molar-refractivity contribution in [1.29, 1.82) is 0 Å². The van der Waals surface area contributed by atoms with Gasteiger partial charge in [-0.25, -0.2) is 0 Å². The summed E-state index contributed by atoms with van der Waals surface area (Å²) >= 11 is 0. The van der Waals surface area contributed by atoms with Crippen LogP contribution in [-0.4, -0.2) is 17.1 Å². The Labute approximate surface area is 129 Å². The van der Waals surface area contributed by atoms with E-state index >= 15 is 0 Å². The van der Waals surface area contributed by atoms with Crippen molar-refractivity contribution < 1.29 is 0 Å². The van der Waals surface area contributed by atoms with Gasteiger partial charge in [-0.1, -0.05) is 18.9 Å². The predicted octanol–water partition coefficient (Wildman–Crippen LogP) is 4.31. The van der Waals surface area contributed by atoms with Crippen LogP contribution in [0, 0.1) is 11.8 Å². The molecule has 1 N–H and O–H groups in total. The van der Waals surface area contributed by atoms with E-state index in [4.69, 9.17) is 4.98 Å². The summed E-state index contributed by atoms with van der Waals surface area (Å²) in [6.45, 7) is 8.00. The molecule has 0 spiro atoms. The van der Waals surface area contributed by atoms with Crippen molar-refractivity contribution in [3.8, 4) is 0 Å². The lowest BCUT2D eigenvalue weighted by Gasteiger charge is -2.37. The molecule has 1 aromatic heterocycles. The highest BCUT2D eigenvalue weighted by molar-refractivity contribution is 5.29. The largest absolute Gasteiger partial charge is 0.312 e. The second-order valence-electron chi connectivity index (χ2n) is 8.03. The molecule has 1 saturated carbocycles. The summed E-state index contributed by atoms with van der Waals surface area (Å²) < 4.78 is 0. The first-order chi connectivity index (χ1) is 10.0. The van der Waals surface area contributed by atoms with Gasteiger partial charge in [-0.15, -0.1) is 0 Å². The van der Waals surface area contributed by atoms with Crippen LogP contribution in [-0.2, 0) is 6.42 Å². The van der Waals surface area contributed by atoms with Crippen molar-refractivity contribution in [2.24, 2.45) is 11.8 Å². The SMILES string of the molecule is CC(C)(C)NCC1CCCCC1C1CCc2cccnc21. The predicted molar refractivity (Wildman–Crippen MR) is 88.5 cm³/mol. The molecule has 0 saturated heterocycles. The molecule has 2 nitrogen and oxygen atoms in total. The van der Waals surface area contributed by atoms with Crippen LogP contribution in [0.15, 0.2) is 18.3 Å². The van der Waals surface area contributed by atoms with Crippen molar-refractivity contribution in [2.75, 3.05) is 6.54 Å². The monoisotopic (exact) mass is 286 g/mol. The van der Waals surface area contributed by atoms with E-state index in [2.05, 4.69) is 38.2 Å². The number of pyridine rings is 1. The van der Waals surface area contributed by atoms with Crippen LogP contribution in [0.1, 0.15) is 70.1 Å². The fourth-order valence-corrected chi connectivity index (χ4v) is 4.32. The van der Waals surface area contributed by atoms with Crippen LogP contribution in [0.25, 0.3) is 0 Å². The topological polar surface area (TPSA) is 24.9 Å². The number of nitrogens with zero attached hydrogens (tertiary/aromatic N) is 1. The van der Waals surface area contributed by atoms with Gasteiger partial charge < -0.3 is 5.32 Å². The molecule has 0 bridgehead atoms. The van der Waals surface area contributed by atoms with E-state index in [1.54, 1.807) is 0 Å². The molecule has 1 aromatic rings. The molecule has 1 fully saturated rings. The van der Waals surface area contributed by atoms with Crippen molar-refractivity contribution in [3.05, 3.63) is 29.6 Å². The summed E-state index contributed by atoms with van der Waals surface area (Å²) in [4.78, 5) is 4.74. The zero-order valence-corrected chi connectivity index (χ0v) is 13.9. The Morgan fingerprint density at radius 2 is 2.00 bits per heavy atom. The molecule has 3 unspecified atom stereocenters. The average molecular weight is 286 g/mol. The number of nitrogens with one attached hydrogen (secondary N) is 1. The van der Waals surface area contributed by atoms with Gasteiger partial charge >= 0.3 is 0 Å². The molecule has 0 radical (unpaired) electrons. The lowest BCUT2D eigenvalue weighted by Crippen LogP contribution is -2.42. The maximum Gasteiger partial charge on any atom is 0.0469 e. The smallest absolute Gasteiger partial charge is 0.0469 e. The highest BCUT2D eigenvalue weighted by Crippen LogP contribution is 2.45. The quantitative estimate of drug-likeness (QED) is 0.896. The van der Waals surface area contributed by atoms with Crippen LogP contribution in [0.2, 0.25) is 0 Å². The molecule has 0 aliphatic heterocycles. The van der Waals surface area contributed by atoms with E-state index in [1.165, 1.54) is 56.3 Å². The van der Waals surface area contributed by atoms with E-state index in [1.807, 2.05) is 6.20 Å². The van der Waals surface area contributed by atoms with E-state index in [-0.39, 0.29) is 5.54 Å². The van der Waals surface area contributed by atoms with Crippen LogP contribution in [0.3, 0.4) is 0 Å². The third kappa shape index (κ3) is 3.48. The maximum atomic E-state index is 4.74. The number of hydrogen-bond donors (Lipinski definition) is 1. The molecule has 1 heterocycles. The number of hydrogen-bond acceptors (Lipinski definition) is 2. The van der Waals surface area contributed by atoms with E-state index in [0.717, 1.165) is 11.8 Å². The first kappa shape index (κ1) is 15.0. The second-order valence-corrected chi connectivity index (χ2v) is 8.03. The highest BCUT2D eigenvalue weighted by atomic mass is 14.9. The van der Waals surface area contributed by atoms with Crippen LogP contribution < -0.4 is 5.32 Å². The molecule has 2 aliphatic rings. The minimum Gasteiger partial charge on any atom is -0.312 e. The van der Waals surface area contributed by atoms with E-state index < -0.39 is 0 Å². The van der Waals surface area contributed by atoms with Crippen molar-refractivity contribution in [2.45, 2.75) is 70.8 Å². The summed E-state index contributed by atoms with van der Waals surface area (Å²) in [6.07, 6.45) is 10.2. The Balaban J connectivity index is 1.73. The molecule has 2 aliphatic carbocycles. The minimum atomic E-state index is 0.230. The van der Waals surface area contributed by atoms with Gasteiger partial charge in [0.2, 0.25) is 0 Å². The fourth-order valence-electron chi connectivity index (χ4n) is 4.32. The molecular formula is C19H30N2. The number of fused-ring (bicyclic) bond motifs is 1. The Hall–Kier alpha value is -0.890. The highest BCUT2D eigenvalue weighted by Gasteiger charge is 2.37. The van der Waals surface area contributed by atoms with Crippen LogP contribution in [0.5, 0.6) is 0 Å². The Bertz CT molecular complexity index is 475. The van der Waals surface area contributed by atoms with Gasteiger partial charge in [0.25, 0.3) is 0 Å². The maximum absolute atomic E-state index is 4.74. The summed E-state index contributed by atoms with van der Waals surface area (Å²) in [5.74, 6) is 2.38. The van der Waals surface area contributed by atoms with Crippen molar-refractivity contribution in [1.82, 2.24) is 10.3 Å². The van der Waals surface area contributed by atoms with E-state index in [0.29, 0.717) is 5.92 Å². The van der Waals surface area contributed by atoms with Crippen molar-refractivity contribution >= 4 is 0 Å². The van der Waals surface area contributed by atoms with Gasteiger partial charge in [0.05, 0.1) is 0 Å². The number of aromatic nitrogens is 1. The summed E-state index contributed by atoms with van der Waals surface area (Å²) in [5, 5.41) is 3.75. The summed E-state index contributed by atoms with van der Waals surface area (Å²) in [6, 6.07) is 4.38. The third-order valence-corrected chi connectivity index (χ3v) is 5.38. The Kier molecular flexibility index (Phi) is 4.35. The minimum absolute atomic E-state index is 0.230. The summed E-state index contributed by atoms with van der Waals surface area (Å²) in [7, 11) is 0. The zero-order valence-electron chi connectivity index (χ0n) is 13.9. The van der Waals surface area contributed by atoms with Gasteiger partial charge in [-0.2, -0.15) is 0 Å². The summed E-state index contributed by atoms with van der Waals surface area (Å²) in [5.41, 5.74) is 3.16. The van der Waals surface area contributed by atoms with Crippen LogP contribution in [0.4, 0.5) is 0 Å². The molecule has 0 aromatic carbocycles. The molecule has 2 heteroatoms. The van der Waals surface area contributed by atoms with Crippen LogP contribution >= 0.6 is 0 Å². The molecule has 0 amide bonds. The van der Waals surface area contributed by atoms with E-state index in [9.17, 15) is 0 Å². The molecule has 116 valence electrons. The first-order valence-electron chi connectivity index (χ1n) is 8.73. The standard InChI is InChI=1S/C19H30N2/c1-19(2,3)21-13-15-7-4-5-9-16(15)17-11-10-14-8-6-12-20-18(14)17/h6,8,12,15-17,21H,4-5,7,9-11,13H2,1-3H3. The Morgan fingerprint density at radius 1 is 1.19 bits per heavy atom. The zero-order chi connectivity index (χ0) is 14.9. The van der Waals surface area contributed by atoms with Gasteiger partial charge in [0, 0.05) is 23.3 Å². The molecule has 21 heavy (non-hydrogen) atoms. The lowest BCUT2D eigenvalue weighted by atomic mass is 9.71. The Morgan fingerprint density at radius 3 is 2.81 bits per heavy atom. The number of rotatable bonds is 3. The lowest BCUT2D eigenvalue weighted by molar-refractivity contribution is 0.182. The first-order valence-corrected chi connectivity index (χ1v) is 8.73.